The van der Waals surface area contributed by atoms with Gasteiger partial charge in [-0.05, 0) is 40.2 Å². The molecule has 2 atom stereocenters. The molecule has 2 N–H and O–H groups in total. The highest BCUT2D eigenvalue weighted by Gasteiger charge is 2.44. The molecule has 0 aromatic heterocycles. The second-order valence-corrected chi connectivity index (χ2v) is 4.54. The van der Waals surface area contributed by atoms with Gasteiger partial charge in [0.2, 0.25) is 5.91 Å². The van der Waals surface area contributed by atoms with E-state index in [1.807, 2.05) is 0 Å². The maximum atomic E-state index is 12.0. The lowest BCUT2D eigenvalue weighted by Gasteiger charge is -2.42. The molecule has 5 nitrogen and oxygen atoms in total. The highest BCUT2D eigenvalue weighted by molar-refractivity contribution is 5.89. The number of carbonyl (C=O) groups excluding carboxylic acids is 1. The summed E-state index contributed by atoms with van der Waals surface area (Å²) in [6, 6.07) is -0.336. The van der Waals surface area contributed by atoms with E-state index in [4.69, 9.17) is 0 Å². The standard InChI is InChI=1S/C11H20N2O3/c1-8(12-3)9(14)13-7-5-4-6-11(13,2)10(15)16/h8,12H,4-7H2,1-3H3,(H,15,16). The fourth-order valence-corrected chi connectivity index (χ4v) is 2.05. The number of carboxylic acids is 1. The monoisotopic (exact) mass is 228 g/mol. The zero-order chi connectivity index (χ0) is 12.3. The quantitative estimate of drug-likeness (QED) is 0.736. The third-order valence-corrected chi connectivity index (χ3v) is 3.42. The largest absolute Gasteiger partial charge is 0.480 e. The maximum absolute atomic E-state index is 12.0. The molecule has 0 radical (unpaired) electrons. The molecule has 1 saturated heterocycles. The summed E-state index contributed by atoms with van der Waals surface area (Å²) in [4.78, 5) is 24.8. The lowest BCUT2D eigenvalue weighted by atomic mass is 9.88. The molecule has 1 aliphatic heterocycles. The molecule has 1 fully saturated rings. The molecule has 1 aliphatic rings. The van der Waals surface area contributed by atoms with Crippen molar-refractivity contribution in [1.29, 1.82) is 0 Å². The van der Waals surface area contributed by atoms with Gasteiger partial charge in [-0.2, -0.15) is 0 Å². The first-order valence-corrected chi connectivity index (χ1v) is 5.65. The number of carbonyl (C=O) groups is 2. The van der Waals surface area contributed by atoms with Crippen LogP contribution < -0.4 is 5.32 Å². The smallest absolute Gasteiger partial charge is 0.329 e. The number of aliphatic carboxylic acids is 1. The van der Waals surface area contributed by atoms with Crippen LogP contribution in [0.25, 0.3) is 0 Å². The van der Waals surface area contributed by atoms with E-state index < -0.39 is 11.5 Å². The lowest BCUT2D eigenvalue weighted by molar-refractivity contribution is -0.161. The van der Waals surface area contributed by atoms with E-state index in [2.05, 4.69) is 5.32 Å². The minimum absolute atomic E-state index is 0.132. The van der Waals surface area contributed by atoms with Crippen LogP contribution in [0.5, 0.6) is 0 Å². The normalized spacial score (nSPS) is 27.6. The van der Waals surface area contributed by atoms with Gasteiger partial charge in [-0.15, -0.1) is 0 Å². The summed E-state index contributed by atoms with van der Waals surface area (Å²) in [6.45, 7) is 3.92. The number of carboxylic acid groups (broad SMARTS) is 1. The fraction of sp³-hybridized carbons (Fsp3) is 0.818. The molecule has 1 rings (SSSR count). The van der Waals surface area contributed by atoms with Gasteiger partial charge in [0, 0.05) is 6.54 Å². The number of amides is 1. The minimum Gasteiger partial charge on any atom is -0.480 e. The van der Waals surface area contributed by atoms with Gasteiger partial charge in [-0.1, -0.05) is 0 Å². The Bertz CT molecular complexity index is 293. The summed E-state index contributed by atoms with van der Waals surface area (Å²) in [5.41, 5.74) is -1.04. The number of hydrogen-bond donors (Lipinski definition) is 2. The van der Waals surface area contributed by atoms with E-state index in [0.29, 0.717) is 13.0 Å². The molecule has 16 heavy (non-hydrogen) atoms. The number of hydrogen-bond acceptors (Lipinski definition) is 3. The number of nitrogens with one attached hydrogen (secondary N) is 1. The average molecular weight is 228 g/mol. The van der Waals surface area contributed by atoms with Crippen LogP contribution in [0.3, 0.4) is 0 Å². The summed E-state index contributed by atoms with van der Waals surface area (Å²) >= 11 is 0. The second-order valence-electron chi connectivity index (χ2n) is 4.54. The number of piperidine rings is 1. The van der Waals surface area contributed by atoms with Crippen LogP contribution in [0, 0.1) is 0 Å². The van der Waals surface area contributed by atoms with Crippen LogP contribution in [0.1, 0.15) is 33.1 Å². The zero-order valence-corrected chi connectivity index (χ0v) is 10.1. The molecule has 0 aliphatic carbocycles. The number of likely N-dealkylation sites (tertiary alicyclic amines) is 1. The Morgan fingerprint density at radius 3 is 2.56 bits per heavy atom. The SMILES string of the molecule is CNC(C)C(=O)N1CCCCC1(C)C(=O)O. The first kappa shape index (κ1) is 13.0. The Balaban J connectivity index is 2.90. The van der Waals surface area contributed by atoms with Gasteiger partial charge in [0.05, 0.1) is 6.04 Å². The maximum Gasteiger partial charge on any atom is 0.329 e. The summed E-state index contributed by atoms with van der Waals surface area (Å²) in [5.74, 6) is -1.05. The summed E-state index contributed by atoms with van der Waals surface area (Å²) < 4.78 is 0. The molecule has 2 unspecified atom stereocenters. The number of rotatable bonds is 3. The van der Waals surface area contributed by atoms with Gasteiger partial charge in [-0.3, -0.25) is 4.79 Å². The van der Waals surface area contributed by atoms with Crippen molar-refractivity contribution in [2.75, 3.05) is 13.6 Å². The van der Waals surface area contributed by atoms with Crippen LogP contribution in [0.2, 0.25) is 0 Å². The molecule has 1 heterocycles. The van der Waals surface area contributed by atoms with Crippen molar-refractivity contribution in [3.05, 3.63) is 0 Å². The Morgan fingerprint density at radius 2 is 2.06 bits per heavy atom. The third kappa shape index (κ3) is 2.19. The topological polar surface area (TPSA) is 69.6 Å². The van der Waals surface area contributed by atoms with Gasteiger partial charge in [0.25, 0.3) is 0 Å². The van der Waals surface area contributed by atoms with Crippen LogP contribution >= 0.6 is 0 Å². The first-order valence-electron chi connectivity index (χ1n) is 5.65. The van der Waals surface area contributed by atoms with Gasteiger partial charge >= 0.3 is 5.97 Å². The number of nitrogens with zero attached hydrogens (tertiary/aromatic N) is 1. The summed E-state index contributed by atoms with van der Waals surface area (Å²) in [6.07, 6.45) is 2.27. The first-order chi connectivity index (χ1) is 7.43. The van der Waals surface area contributed by atoms with E-state index in [1.54, 1.807) is 20.9 Å². The Morgan fingerprint density at radius 1 is 1.44 bits per heavy atom. The Kier molecular flexibility index (Phi) is 3.91. The van der Waals surface area contributed by atoms with Crippen LogP contribution in [0.4, 0.5) is 0 Å². The van der Waals surface area contributed by atoms with Crippen LogP contribution in [-0.4, -0.2) is 47.1 Å². The van der Waals surface area contributed by atoms with Crippen molar-refractivity contribution in [2.45, 2.75) is 44.7 Å². The minimum atomic E-state index is -1.04. The van der Waals surface area contributed by atoms with Crippen molar-refractivity contribution in [3.63, 3.8) is 0 Å². The highest BCUT2D eigenvalue weighted by Crippen LogP contribution is 2.28. The zero-order valence-electron chi connectivity index (χ0n) is 10.1. The van der Waals surface area contributed by atoms with Gasteiger partial charge in [0.1, 0.15) is 5.54 Å². The van der Waals surface area contributed by atoms with Gasteiger partial charge < -0.3 is 15.3 Å². The summed E-state index contributed by atoms with van der Waals surface area (Å²) in [5, 5.41) is 12.1. The molecule has 0 saturated carbocycles. The molecule has 1 amide bonds. The Labute approximate surface area is 95.8 Å². The predicted molar refractivity (Wildman–Crippen MR) is 60.1 cm³/mol. The molecule has 92 valence electrons. The average Bonchev–Trinajstić information content (AvgIpc) is 2.27. The molecular weight excluding hydrogens is 208 g/mol. The summed E-state index contributed by atoms with van der Waals surface area (Å²) in [7, 11) is 1.70. The predicted octanol–water partition coefficient (Wildman–Crippen LogP) is 0.450. The van der Waals surface area contributed by atoms with E-state index >= 15 is 0 Å². The highest BCUT2D eigenvalue weighted by atomic mass is 16.4. The molecule has 5 heteroatoms. The van der Waals surface area contributed by atoms with Crippen molar-refractivity contribution >= 4 is 11.9 Å². The lowest BCUT2D eigenvalue weighted by Crippen LogP contribution is -2.60. The molecule has 0 aromatic carbocycles. The van der Waals surface area contributed by atoms with E-state index in [1.165, 1.54) is 4.90 Å². The fourth-order valence-electron chi connectivity index (χ4n) is 2.05. The van der Waals surface area contributed by atoms with E-state index in [-0.39, 0.29) is 11.9 Å². The molecule has 0 bridgehead atoms. The van der Waals surface area contributed by atoms with Gasteiger partial charge in [-0.25, -0.2) is 4.79 Å². The van der Waals surface area contributed by atoms with Crippen molar-refractivity contribution < 1.29 is 14.7 Å². The van der Waals surface area contributed by atoms with E-state index in [9.17, 15) is 14.7 Å². The number of likely N-dealkylation sites (N-methyl/N-ethyl adjacent to an activating group) is 1. The molecular formula is C11H20N2O3. The third-order valence-electron chi connectivity index (χ3n) is 3.42. The molecule has 0 aromatic rings. The molecule has 0 spiro atoms. The Hall–Kier alpha value is -1.10. The second kappa shape index (κ2) is 4.82. The van der Waals surface area contributed by atoms with E-state index in [0.717, 1.165) is 12.8 Å². The van der Waals surface area contributed by atoms with Gasteiger partial charge in [0.15, 0.2) is 0 Å². The van der Waals surface area contributed by atoms with Crippen molar-refractivity contribution in [3.8, 4) is 0 Å². The van der Waals surface area contributed by atoms with Crippen LogP contribution in [0.15, 0.2) is 0 Å². The van der Waals surface area contributed by atoms with Crippen molar-refractivity contribution in [1.82, 2.24) is 10.2 Å². The van der Waals surface area contributed by atoms with Crippen LogP contribution in [-0.2, 0) is 9.59 Å². The van der Waals surface area contributed by atoms with Crippen molar-refractivity contribution in [2.24, 2.45) is 0 Å².